The first-order valence-corrected chi connectivity index (χ1v) is 7.02. The van der Waals surface area contributed by atoms with Crippen LogP contribution in [0.3, 0.4) is 0 Å². The zero-order valence-corrected chi connectivity index (χ0v) is 12.6. The summed E-state index contributed by atoms with van der Waals surface area (Å²) in [5, 5.41) is 2.13. The first kappa shape index (κ1) is 13.4. The highest BCUT2D eigenvalue weighted by Crippen LogP contribution is 2.35. The molecular weight excluding hydrogens is 258 g/mol. The number of nitrogen functional groups attached to an aromatic ring is 1. The van der Waals surface area contributed by atoms with Gasteiger partial charge in [-0.1, -0.05) is 18.2 Å². The highest BCUT2D eigenvalue weighted by Gasteiger charge is 2.12. The van der Waals surface area contributed by atoms with E-state index in [2.05, 4.69) is 60.3 Å². The Balaban J connectivity index is 2.23. The van der Waals surface area contributed by atoms with Crippen LogP contribution >= 0.6 is 0 Å². The standard InChI is InChI=1S/C18H19N3/c1-12-6-4-5-7-17(12)21(3)18-9-8-16(19)15-11-20-13(2)10-14(15)18/h4-11H,19H2,1-3H3. The van der Waals surface area contributed by atoms with Gasteiger partial charge in [-0.05, 0) is 43.7 Å². The molecule has 2 N–H and O–H groups in total. The minimum Gasteiger partial charge on any atom is -0.398 e. The number of hydrogen-bond donors (Lipinski definition) is 1. The van der Waals surface area contributed by atoms with Gasteiger partial charge in [-0.2, -0.15) is 0 Å². The molecule has 0 aliphatic heterocycles. The number of nitrogens with zero attached hydrogens (tertiary/aromatic N) is 2. The minimum atomic E-state index is 0.763. The number of aryl methyl sites for hydroxylation is 2. The molecule has 0 unspecified atom stereocenters. The van der Waals surface area contributed by atoms with E-state index in [1.54, 1.807) is 0 Å². The van der Waals surface area contributed by atoms with E-state index in [0.717, 1.165) is 27.8 Å². The number of nitrogens with two attached hydrogens (primary N) is 1. The summed E-state index contributed by atoms with van der Waals surface area (Å²) in [6.07, 6.45) is 1.86. The van der Waals surface area contributed by atoms with Gasteiger partial charge in [0.25, 0.3) is 0 Å². The van der Waals surface area contributed by atoms with Crippen LogP contribution in [0.2, 0.25) is 0 Å². The Morgan fingerprint density at radius 3 is 2.48 bits per heavy atom. The van der Waals surface area contributed by atoms with Crippen LogP contribution in [0.4, 0.5) is 17.1 Å². The second-order valence-electron chi connectivity index (χ2n) is 5.39. The third-order valence-electron chi connectivity index (χ3n) is 3.89. The Kier molecular flexibility index (Phi) is 3.26. The molecule has 0 aliphatic carbocycles. The largest absolute Gasteiger partial charge is 0.398 e. The molecular formula is C18H19N3. The molecule has 0 bridgehead atoms. The van der Waals surface area contributed by atoms with Crippen LogP contribution in [-0.2, 0) is 0 Å². The summed E-state index contributed by atoms with van der Waals surface area (Å²) in [6.45, 7) is 4.12. The van der Waals surface area contributed by atoms with Gasteiger partial charge >= 0.3 is 0 Å². The number of benzene rings is 2. The van der Waals surface area contributed by atoms with Gasteiger partial charge in [0, 0.05) is 46.8 Å². The van der Waals surface area contributed by atoms with Crippen LogP contribution in [0.25, 0.3) is 10.8 Å². The lowest BCUT2D eigenvalue weighted by molar-refractivity contribution is 1.19. The maximum absolute atomic E-state index is 6.09. The molecule has 1 heterocycles. The Morgan fingerprint density at radius 1 is 0.952 bits per heavy atom. The lowest BCUT2D eigenvalue weighted by atomic mass is 10.1. The molecule has 2 aromatic carbocycles. The van der Waals surface area contributed by atoms with Crippen molar-refractivity contribution in [3.8, 4) is 0 Å². The van der Waals surface area contributed by atoms with Crippen molar-refractivity contribution < 1.29 is 0 Å². The predicted octanol–water partition coefficient (Wildman–Crippen LogP) is 4.20. The molecule has 0 saturated heterocycles. The molecule has 0 fully saturated rings. The third-order valence-corrected chi connectivity index (χ3v) is 3.89. The molecule has 0 spiro atoms. The number of pyridine rings is 1. The zero-order chi connectivity index (χ0) is 15.0. The number of para-hydroxylation sites is 1. The van der Waals surface area contributed by atoms with Crippen molar-refractivity contribution in [2.75, 3.05) is 17.7 Å². The van der Waals surface area contributed by atoms with E-state index in [4.69, 9.17) is 5.73 Å². The first-order valence-electron chi connectivity index (χ1n) is 7.02. The number of aromatic nitrogens is 1. The summed E-state index contributed by atoms with van der Waals surface area (Å²) in [7, 11) is 2.09. The molecule has 0 aliphatic rings. The monoisotopic (exact) mass is 277 g/mol. The summed E-state index contributed by atoms with van der Waals surface area (Å²) < 4.78 is 0. The van der Waals surface area contributed by atoms with Crippen molar-refractivity contribution in [3.63, 3.8) is 0 Å². The molecule has 3 aromatic rings. The van der Waals surface area contributed by atoms with Gasteiger partial charge in [-0.3, -0.25) is 4.98 Å². The van der Waals surface area contributed by atoms with Crippen LogP contribution in [0, 0.1) is 13.8 Å². The van der Waals surface area contributed by atoms with Crippen LogP contribution < -0.4 is 10.6 Å². The smallest absolute Gasteiger partial charge is 0.0490 e. The Bertz CT molecular complexity index is 809. The lowest BCUT2D eigenvalue weighted by Crippen LogP contribution is -2.11. The van der Waals surface area contributed by atoms with Gasteiger partial charge < -0.3 is 10.6 Å². The minimum absolute atomic E-state index is 0.763. The molecule has 1 aromatic heterocycles. The Labute approximate surface area is 125 Å². The molecule has 3 nitrogen and oxygen atoms in total. The van der Waals surface area contributed by atoms with E-state index >= 15 is 0 Å². The van der Waals surface area contributed by atoms with Crippen LogP contribution in [0.15, 0.2) is 48.7 Å². The summed E-state index contributed by atoms with van der Waals surface area (Å²) in [5.41, 5.74) is 11.4. The van der Waals surface area contributed by atoms with Crippen LogP contribution in [0.5, 0.6) is 0 Å². The lowest BCUT2D eigenvalue weighted by Gasteiger charge is -2.23. The Morgan fingerprint density at radius 2 is 1.71 bits per heavy atom. The fourth-order valence-corrected chi connectivity index (χ4v) is 2.71. The van der Waals surface area contributed by atoms with Crippen molar-refractivity contribution in [3.05, 3.63) is 59.9 Å². The first-order chi connectivity index (χ1) is 10.1. The SMILES string of the molecule is Cc1cc2c(N(C)c3ccccc3C)ccc(N)c2cn1. The molecule has 3 rings (SSSR count). The molecule has 106 valence electrons. The quantitative estimate of drug-likeness (QED) is 0.714. The van der Waals surface area contributed by atoms with Crippen LogP contribution in [0.1, 0.15) is 11.3 Å². The molecule has 0 amide bonds. The molecule has 0 saturated carbocycles. The average molecular weight is 277 g/mol. The van der Waals surface area contributed by atoms with Crippen molar-refractivity contribution >= 4 is 27.8 Å². The van der Waals surface area contributed by atoms with E-state index in [9.17, 15) is 0 Å². The fraction of sp³-hybridized carbons (Fsp3) is 0.167. The van der Waals surface area contributed by atoms with Gasteiger partial charge in [-0.25, -0.2) is 0 Å². The highest BCUT2D eigenvalue weighted by atomic mass is 15.1. The topological polar surface area (TPSA) is 42.1 Å². The number of hydrogen-bond acceptors (Lipinski definition) is 3. The second-order valence-corrected chi connectivity index (χ2v) is 5.39. The van der Waals surface area contributed by atoms with E-state index in [1.807, 2.05) is 19.2 Å². The van der Waals surface area contributed by atoms with Crippen molar-refractivity contribution in [2.45, 2.75) is 13.8 Å². The molecule has 0 radical (unpaired) electrons. The summed E-state index contributed by atoms with van der Waals surface area (Å²) in [5.74, 6) is 0. The maximum Gasteiger partial charge on any atom is 0.0490 e. The zero-order valence-electron chi connectivity index (χ0n) is 12.6. The Hall–Kier alpha value is -2.55. The second kappa shape index (κ2) is 5.09. The van der Waals surface area contributed by atoms with Crippen molar-refractivity contribution in [1.29, 1.82) is 0 Å². The fourth-order valence-electron chi connectivity index (χ4n) is 2.71. The predicted molar refractivity (Wildman–Crippen MR) is 90.1 cm³/mol. The van der Waals surface area contributed by atoms with E-state index in [1.165, 1.54) is 11.3 Å². The highest BCUT2D eigenvalue weighted by molar-refractivity contribution is 6.02. The maximum atomic E-state index is 6.09. The van der Waals surface area contributed by atoms with Gasteiger partial charge in [0.15, 0.2) is 0 Å². The summed E-state index contributed by atoms with van der Waals surface area (Å²) >= 11 is 0. The van der Waals surface area contributed by atoms with Gasteiger partial charge in [0.2, 0.25) is 0 Å². The average Bonchev–Trinajstić information content (AvgIpc) is 2.47. The summed E-state index contributed by atoms with van der Waals surface area (Å²) in [4.78, 5) is 6.57. The molecule has 0 atom stereocenters. The van der Waals surface area contributed by atoms with E-state index in [0.29, 0.717) is 0 Å². The van der Waals surface area contributed by atoms with Gasteiger partial charge in [-0.15, -0.1) is 0 Å². The normalized spacial score (nSPS) is 10.8. The van der Waals surface area contributed by atoms with Crippen LogP contribution in [-0.4, -0.2) is 12.0 Å². The van der Waals surface area contributed by atoms with E-state index in [-0.39, 0.29) is 0 Å². The molecule has 3 heteroatoms. The third kappa shape index (κ3) is 2.31. The number of anilines is 3. The number of fused-ring (bicyclic) bond motifs is 1. The van der Waals surface area contributed by atoms with Gasteiger partial charge in [0.1, 0.15) is 0 Å². The summed E-state index contributed by atoms with van der Waals surface area (Å²) in [6, 6.07) is 14.5. The number of rotatable bonds is 2. The molecule has 21 heavy (non-hydrogen) atoms. The van der Waals surface area contributed by atoms with Crippen molar-refractivity contribution in [1.82, 2.24) is 4.98 Å². The van der Waals surface area contributed by atoms with Crippen molar-refractivity contribution in [2.24, 2.45) is 0 Å². The van der Waals surface area contributed by atoms with E-state index < -0.39 is 0 Å². The van der Waals surface area contributed by atoms with Gasteiger partial charge in [0.05, 0.1) is 0 Å².